The van der Waals surface area contributed by atoms with E-state index in [2.05, 4.69) is 4.98 Å². The number of aryl methyl sites for hydroxylation is 1. The van der Waals surface area contributed by atoms with Crippen LogP contribution in [0.15, 0.2) is 24.3 Å². The third kappa shape index (κ3) is 2.76. The summed E-state index contributed by atoms with van der Waals surface area (Å²) >= 11 is 0.523. The van der Waals surface area contributed by atoms with Crippen LogP contribution in [0.25, 0.3) is 10.6 Å². The van der Waals surface area contributed by atoms with Gasteiger partial charge in [0.2, 0.25) is 0 Å². The molecule has 7 heteroatoms. The number of halogens is 3. The van der Waals surface area contributed by atoms with Crippen LogP contribution in [-0.2, 0) is 6.18 Å². The van der Waals surface area contributed by atoms with Crippen molar-refractivity contribution in [3.63, 3.8) is 0 Å². The van der Waals surface area contributed by atoms with E-state index in [0.717, 1.165) is 5.56 Å². The third-order valence-electron chi connectivity index (χ3n) is 2.39. The molecule has 0 unspecified atom stereocenters. The molecule has 0 fully saturated rings. The molecule has 0 saturated heterocycles. The van der Waals surface area contributed by atoms with Gasteiger partial charge in [0.15, 0.2) is 5.69 Å². The average molecular weight is 287 g/mol. The maximum Gasteiger partial charge on any atom is 0.435 e. The Balaban J connectivity index is 2.55. The summed E-state index contributed by atoms with van der Waals surface area (Å²) in [6.45, 7) is 1.84. The number of carbonyl (C=O) groups is 1. The zero-order valence-electron chi connectivity index (χ0n) is 9.65. The summed E-state index contributed by atoms with van der Waals surface area (Å²) in [4.78, 5) is 13.5. The largest absolute Gasteiger partial charge is 0.477 e. The van der Waals surface area contributed by atoms with E-state index in [9.17, 15) is 18.0 Å². The van der Waals surface area contributed by atoms with Crippen LogP contribution in [0.1, 0.15) is 20.9 Å². The van der Waals surface area contributed by atoms with E-state index in [0.29, 0.717) is 16.9 Å². The summed E-state index contributed by atoms with van der Waals surface area (Å²) < 4.78 is 38.0. The summed E-state index contributed by atoms with van der Waals surface area (Å²) in [5.74, 6) is -1.62. The molecule has 0 aliphatic heterocycles. The lowest BCUT2D eigenvalue weighted by molar-refractivity contribution is -0.141. The highest BCUT2D eigenvalue weighted by atomic mass is 32.1. The van der Waals surface area contributed by atoms with E-state index in [1.54, 1.807) is 24.3 Å². The maximum absolute atomic E-state index is 12.7. The lowest BCUT2D eigenvalue weighted by Crippen LogP contribution is -2.11. The minimum Gasteiger partial charge on any atom is -0.477 e. The van der Waals surface area contributed by atoms with Crippen LogP contribution < -0.4 is 0 Å². The number of aromatic carboxylic acids is 1. The quantitative estimate of drug-likeness (QED) is 0.913. The van der Waals surface area contributed by atoms with E-state index in [4.69, 9.17) is 5.11 Å². The standard InChI is InChI=1S/C12H8F3NO2S/c1-6-2-4-7(5-3-6)10-16-9(12(13,14)15)8(19-10)11(17)18/h2-5H,1H3,(H,17,18). The van der Waals surface area contributed by atoms with Crippen molar-refractivity contribution < 1.29 is 23.1 Å². The summed E-state index contributed by atoms with van der Waals surface area (Å²) in [5.41, 5.74) is 0.0731. The Hall–Kier alpha value is -1.89. The molecular weight excluding hydrogens is 279 g/mol. The molecule has 1 aromatic heterocycles. The smallest absolute Gasteiger partial charge is 0.435 e. The second-order valence-electron chi connectivity index (χ2n) is 3.87. The molecule has 0 amide bonds. The van der Waals surface area contributed by atoms with Crippen LogP contribution in [0.4, 0.5) is 13.2 Å². The van der Waals surface area contributed by atoms with Crippen LogP contribution in [0.3, 0.4) is 0 Å². The summed E-state index contributed by atoms with van der Waals surface area (Å²) in [6, 6.07) is 6.68. The number of benzene rings is 1. The SMILES string of the molecule is Cc1ccc(-c2nc(C(F)(F)F)c(C(=O)O)s2)cc1. The molecule has 0 aliphatic rings. The predicted molar refractivity (Wildman–Crippen MR) is 64.2 cm³/mol. The molecule has 2 rings (SSSR count). The molecule has 19 heavy (non-hydrogen) atoms. The fraction of sp³-hybridized carbons (Fsp3) is 0.167. The molecule has 0 bridgehead atoms. The van der Waals surface area contributed by atoms with Crippen molar-refractivity contribution in [1.29, 1.82) is 0 Å². The molecule has 0 radical (unpaired) electrons. The van der Waals surface area contributed by atoms with Gasteiger partial charge in [0.25, 0.3) is 0 Å². The number of alkyl halides is 3. The molecular formula is C12H8F3NO2S. The summed E-state index contributed by atoms with van der Waals surface area (Å²) in [6.07, 6.45) is -4.77. The van der Waals surface area contributed by atoms with Gasteiger partial charge >= 0.3 is 12.1 Å². The monoisotopic (exact) mass is 287 g/mol. The molecule has 1 aromatic carbocycles. The van der Waals surface area contributed by atoms with Gasteiger partial charge in [-0.05, 0) is 6.92 Å². The first-order valence-corrected chi connectivity index (χ1v) is 5.99. The molecule has 2 aromatic rings. The number of nitrogens with zero attached hydrogens (tertiary/aromatic N) is 1. The van der Waals surface area contributed by atoms with Gasteiger partial charge in [0, 0.05) is 5.56 Å². The molecule has 0 atom stereocenters. The number of rotatable bonds is 2. The Morgan fingerprint density at radius 2 is 1.84 bits per heavy atom. The Labute approximate surface area is 110 Å². The minimum absolute atomic E-state index is 0.0460. The zero-order chi connectivity index (χ0) is 14.2. The first kappa shape index (κ1) is 13.5. The van der Waals surface area contributed by atoms with Gasteiger partial charge in [-0.2, -0.15) is 13.2 Å². The topological polar surface area (TPSA) is 50.2 Å². The highest BCUT2D eigenvalue weighted by Crippen LogP contribution is 2.37. The van der Waals surface area contributed by atoms with E-state index in [1.165, 1.54) is 0 Å². The lowest BCUT2D eigenvalue weighted by Gasteiger charge is -2.02. The predicted octanol–water partition coefficient (Wildman–Crippen LogP) is 3.84. The maximum atomic E-state index is 12.7. The van der Waals surface area contributed by atoms with Gasteiger partial charge in [-0.15, -0.1) is 11.3 Å². The Morgan fingerprint density at radius 1 is 1.26 bits per heavy atom. The van der Waals surface area contributed by atoms with E-state index in [-0.39, 0.29) is 5.01 Å². The second-order valence-corrected chi connectivity index (χ2v) is 4.86. The molecule has 3 nitrogen and oxygen atoms in total. The van der Waals surface area contributed by atoms with E-state index in [1.807, 2.05) is 6.92 Å². The minimum atomic E-state index is -4.77. The third-order valence-corrected chi connectivity index (χ3v) is 3.48. The normalized spacial score (nSPS) is 11.6. The van der Waals surface area contributed by atoms with Crippen LogP contribution in [-0.4, -0.2) is 16.1 Å². The van der Waals surface area contributed by atoms with Gasteiger partial charge in [-0.3, -0.25) is 0 Å². The van der Waals surface area contributed by atoms with Crippen molar-refractivity contribution in [2.75, 3.05) is 0 Å². The Bertz CT molecular complexity index is 617. The van der Waals surface area contributed by atoms with Crippen molar-refractivity contribution in [2.45, 2.75) is 13.1 Å². The average Bonchev–Trinajstić information content (AvgIpc) is 2.74. The van der Waals surface area contributed by atoms with Gasteiger partial charge in [0.05, 0.1) is 0 Å². The van der Waals surface area contributed by atoms with E-state index >= 15 is 0 Å². The van der Waals surface area contributed by atoms with Crippen molar-refractivity contribution in [1.82, 2.24) is 4.98 Å². The molecule has 0 saturated carbocycles. The number of thiazole rings is 1. The van der Waals surface area contributed by atoms with Crippen molar-refractivity contribution in [3.8, 4) is 10.6 Å². The summed E-state index contributed by atoms with van der Waals surface area (Å²) in [7, 11) is 0. The Morgan fingerprint density at radius 3 is 2.26 bits per heavy atom. The fourth-order valence-electron chi connectivity index (χ4n) is 1.48. The number of carboxylic acids is 1. The van der Waals surface area contributed by atoms with E-state index < -0.39 is 22.7 Å². The van der Waals surface area contributed by atoms with Crippen LogP contribution in [0.5, 0.6) is 0 Å². The molecule has 1 heterocycles. The van der Waals surface area contributed by atoms with Crippen molar-refractivity contribution in [2.24, 2.45) is 0 Å². The van der Waals surface area contributed by atoms with Gasteiger partial charge in [0.1, 0.15) is 9.88 Å². The molecule has 0 aliphatic carbocycles. The first-order valence-electron chi connectivity index (χ1n) is 5.17. The Kier molecular flexibility index (Phi) is 3.32. The highest BCUT2D eigenvalue weighted by molar-refractivity contribution is 7.17. The van der Waals surface area contributed by atoms with Gasteiger partial charge < -0.3 is 5.11 Å². The number of hydrogen-bond donors (Lipinski definition) is 1. The number of aromatic nitrogens is 1. The first-order chi connectivity index (χ1) is 8.79. The lowest BCUT2D eigenvalue weighted by atomic mass is 10.2. The van der Waals surface area contributed by atoms with Crippen LogP contribution in [0, 0.1) is 6.92 Å². The van der Waals surface area contributed by atoms with Crippen LogP contribution >= 0.6 is 11.3 Å². The molecule has 0 spiro atoms. The number of carboxylic acid groups (broad SMARTS) is 1. The van der Waals surface area contributed by atoms with Crippen LogP contribution in [0.2, 0.25) is 0 Å². The fourth-order valence-corrected chi connectivity index (χ4v) is 2.41. The van der Waals surface area contributed by atoms with Crippen molar-refractivity contribution in [3.05, 3.63) is 40.4 Å². The summed E-state index contributed by atoms with van der Waals surface area (Å²) in [5, 5.41) is 8.85. The highest BCUT2D eigenvalue weighted by Gasteiger charge is 2.39. The zero-order valence-corrected chi connectivity index (χ0v) is 10.5. The molecule has 1 N–H and O–H groups in total. The van der Waals surface area contributed by atoms with Gasteiger partial charge in [-0.25, -0.2) is 9.78 Å². The van der Waals surface area contributed by atoms with Crippen molar-refractivity contribution >= 4 is 17.3 Å². The van der Waals surface area contributed by atoms with Gasteiger partial charge in [-0.1, -0.05) is 29.8 Å². The number of hydrogen-bond acceptors (Lipinski definition) is 3. The second kappa shape index (κ2) is 4.65. The molecule has 100 valence electrons.